The van der Waals surface area contributed by atoms with Crippen molar-refractivity contribution in [1.29, 1.82) is 0 Å². The third-order valence-corrected chi connectivity index (χ3v) is 5.38. The lowest BCUT2D eigenvalue weighted by Crippen LogP contribution is -2.59. The number of hydrogen-bond donors (Lipinski definition) is 0. The third kappa shape index (κ3) is 4.04. The molecule has 2 amide bonds. The number of amides is 2. The average Bonchev–Trinajstić information content (AvgIpc) is 3.01. The Labute approximate surface area is 138 Å². The predicted octanol–water partition coefficient (Wildman–Crippen LogP) is 1.04. The number of likely N-dealkylation sites (N-methyl/N-ethyl adjacent to an activating group) is 1. The van der Waals surface area contributed by atoms with Crippen LogP contribution in [-0.2, 0) is 19.1 Å². The summed E-state index contributed by atoms with van der Waals surface area (Å²) in [6, 6.07) is 0. The molecule has 3 rings (SSSR count). The molecule has 23 heavy (non-hydrogen) atoms. The van der Waals surface area contributed by atoms with Crippen molar-refractivity contribution in [3.05, 3.63) is 0 Å². The first-order valence-electron chi connectivity index (χ1n) is 8.81. The number of hydrogen-bond acceptors (Lipinski definition) is 4. The number of carbonyl (C=O) groups is 2. The molecule has 0 aromatic rings. The summed E-state index contributed by atoms with van der Waals surface area (Å²) in [4.78, 5) is 27.9. The van der Waals surface area contributed by atoms with Crippen LogP contribution >= 0.6 is 0 Å². The summed E-state index contributed by atoms with van der Waals surface area (Å²) in [5.41, 5.74) is -0.567. The van der Waals surface area contributed by atoms with Gasteiger partial charge in [0.1, 0.15) is 12.2 Å². The molecule has 0 aromatic heterocycles. The summed E-state index contributed by atoms with van der Waals surface area (Å²) in [5, 5.41) is 0. The van der Waals surface area contributed by atoms with Crippen molar-refractivity contribution >= 4 is 11.8 Å². The van der Waals surface area contributed by atoms with Crippen molar-refractivity contribution in [2.75, 3.05) is 46.5 Å². The van der Waals surface area contributed by atoms with Crippen LogP contribution < -0.4 is 0 Å². The Hall–Kier alpha value is -1.14. The Morgan fingerprint density at radius 1 is 1.30 bits per heavy atom. The number of nitrogens with zero attached hydrogens (tertiary/aromatic N) is 2. The van der Waals surface area contributed by atoms with E-state index in [1.807, 2.05) is 4.90 Å². The molecular formula is C17H28N2O4. The molecule has 1 spiro atoms. The molecule has 1 atom stereocenters. The van der Waals surface area contributed by atoms with E-state index in [-0.39, 0.29) is 18.4 Å². The van der Waals surface area contributed by atoms with Gasteiger partial charge in [0.25, 0.3) is 0 Å². The fourth-order valence-corrected chi connectivity index (χ4v) is 4.03. The minimum atomic E-state index is -0.567. The van der Waals surface area contributed by atoms with Gasteiger partial charge in [-0.05, 0) is 12.3 Å². The maximum Gasteiger partial charge on any atom is 0.248 e. The maximum atomic E-state index is 12.6. The van der Waals surface area contributed by atoms with Gasteiger partial charge in [-0.1, -0.05) is 25.7 Å². The summed E-state index contributed by atoms with van der Waals surface area (Å²) in [7, 11) is 1.77. The van der Waals surface area contributed by atoms with Crippen LogP contribution in [0, 0.1) is 5.92 Å². The van der Waals surface area contributed by atoms with E-state index in [0.717, 1.165) is 12.3 Å². The van der Waals surface area contributed by atoms with Gasteiger partial charge in [-0.2, -0.15) is 0 Å². The van der Waals surface area contributed by atoms with Gasteiger partial charge in [0.2, 0.25) is 11.8 Å². The van der Waals surface area contributed by atoms with E-state index in [4.69, 9.17) is 9.47 Å². The molecule has 6 nitrogen and oxygen atoms in total. The molecule has 1 saturated carbocycles. The van der Waals surface area contributed by atoms with E-state index >= 15 is 0 Å². The van der Waals surface area contributed by atoms with Crippen LogP contribution in [0.25, 0.3) is 0 Å². The van der Waals surface area contributed by atoms with Crippen molar-refractivity contribution in [1.82, 2.24) is 9.80 Å². The van der Waals surface area contributed by atoms with Crippen LogP contribution in [-0.4, -0.2) is 73.7 Å². The van der Waals surface area contributed by atoms with Crippen LogP contribution in [0.2, 0.25) is 0 Å². The first-order chi connectivity index (χ1) is 11.1. The lowest BCUT2D eigenvalue weighted by molar-refractivity contribution is -0.161. The number of morpholine rings is 1. The van der Waals surface area contributed by atoms with Crippen LogP contribution in [0.3, 0.4) is 0 Å². The second kappa shape index (κ2) is 7.18. The molecule has 1 unspecified atom stereocenters. The lowest BCUT2D eigenvalue weighted by atomic mass is 9.99. The Kier molecular flexibility index (Phi) is 5.21. The van der Waals surface area contributed by atoms with Crippen molar-refractivity contribution in [3.63, 3.8) is 0 Å². The molecule has 2 heterocycles. The zero-order valence-corrected chi connectivity index (χ0v) is 14.1. The van der Waals surface area contributed by atoms with Crippen molar-refractivity contribution in [3.8, 4) is 0 Å². The van der Waals surface area contributed by atoms with Gasteiger partial charge >= 0.3 is 0 Å². The van der Waals surface area contributed by atoms with Gasteiger partial charge in [-0.25, -0.2) is 0 Å². The number of carbonyl (C=O) groups excluding carboxylic acids is 2. The van der Waals surface area contributed by atoms with Crippen LogP contribution in [0.1, 0.15) is 38.5 Å². The maximum absolute atomic E-state index is 12.6. The highest BCUT2D eigenvalue weighted by molar-refractivity contribution is 5.78. The summed E-state index contributed by atoms with van der Waals surface area (Å²) in [6.45, 7) is 2.63. The number of rotatable bonds is 3. The third-order valence-electron chi connectivity index (χ3n) is 5.38. The van der Waals surface area contributed by atoms with Crippen molar-refractivity contribution in [2.45, 2.75) is 44.1 Å². The zero-order chi connectivity index (χ0) is 16.3. The Bertz CT molecular complexity index is 450. The largest absolute Gasteiger partial charge is 0.368 e. The van der Waals surface area contributed by atoms with Crippen LogP contribution in [0.5, 0.6) is 0 Å². The molecule has 0 N–H and O–H groups in total. The summed E-state index contributed by atoms with van der Waals surface area (Å²) in [5.74, 6) is 0.923. The first-order valence-corrected chi connectivity index (χ1v) is 8.81. The molecule has 0 aromatic carbocycles. The highest BCUT2D eigenvalue weighted by atomic mass is 16.5. The quantitative estimate of drug-likeness (QED) is 0.778. The zero-order valence-electron chi connectivity index (χ0n) is 14.1. The second-order valence-electron chi connectivity index (χ2n) is 7.28. The SMILES string of the molecule is CN1CC2(COCC1=O)CN(C(=O)CCC1CCCC1)CCO2. The normalized spacial score (nSPS) is 30.0. The first kappa shape index (κ1) is 16.7. The monoisotopic (exact) mass is 324 g/mol. The smallest absolute Gasteiger partial charge is 0.248 e. The Morgan fingerprint density at radius 2 is 2.09 bits per heavy atom. The van der Waals surface area contributed by atoms with Crippen LogP contribution in [0.15, 0.2) is 0 Å². The molecule has 3 fully saturated rings. The van der Waals surface area contributed by atoms with Gasteiger partial charge in [0, 0.05) is 20.0 Å². The number of ether oxygens (including phenoxy) is 2. The van der Waals surface area contributed by atoms with E-state index in [1.54, 1.807) is 11.9 Å². The van der Waals surface area contributed by atoms with Gasteiger partial charge in [0.05, 0.1) is 26.3 Å². The minimum Gasteiger partial charge on any atom is -0.368 e. The average molecular weight is 324 g/mol. The second-order valence-corrected chi connectivity index (χ2v) is 7.28. The molecule has 2 aliphatic heterocycles. The molecule has 0 bridgehead atoms. The predicted molar refractivity (Wildman–Crippen MR) is 84.9 cm³/mol. The van der Waals surface area contributed by atoms with E-state index in [2.05, 4.69) is 0 Å². The van der Waals surface area contributed by atoms with Crippen LogP contribution in [0.4, 0.5) is 0 Å². The van der Waals surface area contributed by atoms with Gasteiger partial charge in [-0.3, -0.25) is 9.59 Å². The Balaban J connectivity index is 1.56. The van der Waals surface area contributed by atoms with Crippen molar-refractivity contribution < 1.29 is 19.1 Å². The van der Waals surface area contributed by atoms with E-state index in [0.29, 0.717) is 39.3 Å². The molecule has 1 aliphatic carbocycles. The van der Waals surface area contributed by atoms with Gasteiger partial charge in [-0.15, -0.1) is 0 Å². The molecule has 2 saturated heterocycles. The fourth-order valence-electron chi connectivity index (χ4n) is 4.03. The van der Waals surface area contributed by atoms with E-state index < -0.39 is 5.60 Å². The summed E-state index contributed by atoms with van der Waals surface area (Å²) >= 11 is 0. The molecule has 0 radical (unpaired) electrons. The topological polar surface area (TPSA) is 59.1 Å². The van der Waals surface area contributed by atoms with Gasteiger partial charge < -0.3 is 19.3 Å². The van der Waals surface area contributed by atoms with E-state index in [1.165, 1.54) is 25.7 Å². The molecular weight excluding hydrogens is 296 g/mol. The fraction of sp³-hybridized carbons (Fsp3) is 0.882. The summed E-state index contributed by atoms with van der Waals surface area (Å²) in [6.07, 6.45) is 6.84. The molecule has 3 aliphatic rings. The molecule has 6 heteroatoms. The van der Waals surface area contributed by atoms with E-state index in [9.17, 15) is 9.59 Å². The van der Waals surface area contributed by atoms with Gasteiger partial charge in [0.15, 0.2) is 0 Å². The molecule has 130 valence electrons. The lowest BCUT2D eigenvalue weighted by Gasteiger charge is -2.42. The highest BCUT2D eigenvalue weighted by Gasteiger charge is 2.42. The Morgan fingerprint density at radius 3 is 2.87 bits per heavy atom. The highest BCUT2D eigenvalue weighted by Crippen LogP contribution is 2.29. The van der Waals surface area contributed by atoms with Crippen molar-refractivity contribution in [2.24, 2.45) is 5.92 Å². The standard InChI is InChI=1S/C17H28N2O4/c1-18-11-17(13-22-10-16(18)21)12-19(8-9-23-17)15(20)7-6-14-4-2-3-5-14/h14H,2-13H2,1H3. The summed E-state index contributed by atoms with van der Waals surface area (Å²) < 4.78 is 11.4. The minimum absolute atomic E-state index is 0.0323.